The van der Waals surface area contributed by atoms with Gasteiger partial charge in [-0.05, 0) is 33.6 Å². The Kier molecular flexibility index (Phi) is 4.03. The van der Waals surface area contributed by atoms with E-state index in [0.717, 1.165) is 25.9 Å². The highest BCUT2D eigenvalue weighted by Gasteiger charge is 2.45. The number of fused-ring (bicyclic) bond motifs is 2. The number of rotatable bonds is 2. The summed E-state index contributed by atoms with van der Waals surface area (Å²) >= 11 is 0. The van der Waals surface area contributed by atoms with E-state index in [1.54, 1.807) is 4.90 Å². The minimum absolute atomic E-state index is 0.0114. The number of amides is 1. The normalized spacial score (nSPS) is 28.0. The maximum absolute atomic E-state index is 12.0. The second kappa shape index (κ2) is 5.18. The molecule has 0 N–H and O–H groups in total. The molecular formula is C13H21F3N2O2. The van der Waals surface area contributed by atoms with Crippen LogP contribution in [0.1, 0.15) is 33.6 Å². The summed E-state index contributed by atoms with van der Waals surface area (Å²) in [6.07, 6.45) is -3.04. The summed E-state index contributed by atoms with van der Waals surface area (Å²) in [5, 5.41) is 0. The largest absolute Gasteiger partial charge is 0.523 e. The molecule has 0 radical (unpaired) electrons. The SMILES string of the molecule is CC(C)(C)N1CC2CCC(C1)N2C(=O)COC(F)(F)F. The molecule has 0 spiro atoms. The van der Waals surface area contributed by atoms with Crippen LogP contribution in [0.15, 0.2) is 0 Å². The Morgan fingerprint density at radius 3 is 2.05 bits per heavy atom. The van der Waals surface area contributed by atoms with Crippen LogP contribution in [0, 0.1) is 0 Å². The maximum atomic E-state index is 12.0. The molecule has 2 fully saturated rings. The van der Waals surface area contributed by atoms with Crippen molar-refractivity contribution in [1.29, 1.82) is 0 Å². The monoisotopic (exact) mass is 294 g/mol. The average molecular weight is 294 g/mol. The van der Waals surface area contributed by atoms with Gasteiger partial charge < -0.3 is 4.90 Å². The highest BCUT2D eigenvalue weighted by atomic mass is 19.4. The molecule has 2 unspecified atom stereocenters. The smallest absolute Gasteiger partial charge is 0.332 e. The van der Waals surface area contributed by atoms with Crippen LogP contribution < -0.4 is 0 Å². The van der Waals surface area contributed by atoms with Gasteiger partial charge in [-0.15, -0.1) is 13.2 Å². The zero-order valence-electron chi connectivity index (χ0n) is 12.0. The molecule has 0 aromatic carbocycles. The molecule has 4 nitrogen and oxygen atoms in total. The molecule has 2 rings (SSSR count). The van der Waals surface area contributed by atoms with Crippen molar-refractivity contribution in [3.05, 3.63) is 0 Å². The van der Waals surface area contributed by atoms with Gasteiger partial charge in [-0.1, -0.05) is 0 Å². The lowest BCUT2D eigenvalue weighted by atomic mass is 10.0. The van der Waals surface area contributed by atoms with Crippen LogP contribution in [0.25, 0.3) is 0 Å². The lowest BCUT2D eigenvalue weighted by molar-refractivity contribution is -0.322. The van der Waals surface area contributed by atoms with Crippen molar-refractivity contribution in [2.45, 2.75) is 57.6 Å². The Bertz CT molecular complexity index is 365. The third kappa shape index (κ3) is 3.44. The summed E-state index contributed by atoms with van der Waals surface area (Å²) in [6, 6.07) is 0.0228. The van der Waals surface area contributed by atoms with E-state index in [2.05, 4.69) is 30.4 Å². The lowest BCUT2D eigenvalue weighted by Crippen LogP contribution is -2.60. The fourth-order valence-electron chi connectivity index (χ4n) is 3.08. The van der Waals surface area contributed by atoms with E-state index >= 15 is 0 Å². The zero-order chi connectivity index (χ0) is 15.1. The second-order valence-corrected chi connectivity index (χ2v) is 6.50. The quantitative estimate of drug-likeness (QED) is 0.781. The van der Waals surface area contributed by atoms with Crippen LogP contribution >= 0.6 is 0 Å². The standard InChI is InChI=1S/C13H21F3N2O2/c1-12(2,3)17-6-9-4-5-10(7-17)18(9)11(19)8-20-13(14,15)16/h9-10H,4-8H2,1-3H3. The molecule has 2 atom stereocenters. The zero-order valence-corrected chi connectivity index (χ0v) is 12.0. The molecule has 0 aliphatic carbocycles. The van der Waals surface area contributed by atoms with Gasteiger partial charge in [0.15, 0.2) is 0 Å². The molecule has 2 bridgehead atoms. The summed E-state index contributed by atoms with van der Waals surface area (Å²) in [6.45, 7) is 6.85. The predicted molar refractivity (Wildman–Crippen MR) is 67.0 cm³/mol. The first kappa shape index (κ1) is 15.6. The van der Waals surface area contributed by atoms with Crippen molar-refractivity contribution in [2.24, 2.45) is 0 Å². The average Bonchev–Trinajstić information content (AvgIpc) is 2.54. The van der Waals surface area contributed by atoms with E-state index < -0.39 is 18.9 Å². The Labute approximate surface area is 116 Å². The van der Waals surface area contributed by atoms with Crippen LogP contribution in [0.3, 0.4) is 0 Å². The first-order valence-electron chi connectivity index (χ1n) is 6.85. The number of piperazine rings is 1. The number of alkyl halides is 3. The van der Waals surface area contributed by atoms with Gasteiger partial charge in [0.1, 0.15) is 6.61 Å². The minimum atomic E-state index is -4.75. The summed E-state index contributed by atoms with van der Waals surface area (Å²) < 4.78 is 39.7. The number of nitrogens with zero attached hydrogens (tertiary/aromatic N) is 2. The molecule has 20 heavy (non-hydrogen) atoms. The van der Waals surface area contributed by atoms with Gasteiger partial charge >= 0.3 is 6.36 Å². The van der Waals surface area contributed by atoms with E-state index in [9.17, 15) is 18.0 Å². The third-order valence-corrected chi connectivity index (χ3v) is 4.08. The topological polar surface area (TPSA) is 32.8 Å². The van der Waals surface area contributed by atoms with E-state index in [0.29, 0.717) is 0 Å². The van der Waals surface area contributed by atoms with Crippen molar-refractivity contribution in [2.75, 3.05) is 19.7 Å². The van der Waals surface area contributed by atoms with Crippen molar-refractivity contribution in [3.8, 4) is 0 Å². The fourth-order valence-corrected chi connectivity index (χ4v) is 3.08. The van der Waals surface area contributed by atoms with Gasteiger partial charge in [0.05, 0.1) is 0 Å². The molecule has 1 amide bonds. The Morgan fingerprint density at radius 2 is 1.65 bits per heavy atom. The third-order valence-electron chi connectivity index (χ3n) is 4.08. The van der Waals surface area contributed by atoms with Crippen LogP contribution in [0.4, 0.5) is 13.2 Å². The summed E-state index contributed by atoms with van der Waals surface area (Å²) in [5.41, 5.74) is 0.0123. The summed E-state index contributed by atoms with van der Waals surface area (Å²) in [5.74, 6) is -0.552. The first-order valence-corrected chi connectivity index (χ1v) is 6.85. The molecule has 2 saturated heterocycles. The van der Waals surface area contributed by atoms with Crippen molar-refractivity contribution >= 4 is 5.91 Å². The number of hydrogen-bond acceptors (Lipinski definition) is 3. The molecule has 0 aromatic heterocycles. The molecule has 0 aromatic rings. The van der Waals surface area contributed by atoms with Crippen molar-refractivity contribution < 1.29 is 22.7 Å². The van der Waals surface area contributed by atoms with Crippen LogP contribution in [-0.2, 0) is 9.53 Å². The number of halogens is 3. The van der Waals surface area contributed by atoms with Gasteiger partial charge in [0.25, 0.3) is 0 Å². The van der Waals surface area contributed by atoms with Gasteiger partial charge in [0, 0.05) is 30.7 Å². The Morgan fingerprint density at radius 1 is 1.15 bits per heavy atom. The summed E-state index contributed by atoms with van der Waals surface area (Å²) in [7, 11) is 0. The molecule has 2 aliphatic rings. The van der Waals surface area contributed by atoms with Crippen LogP contribution in [-0.4, -0.2) is 59.4 Å². The van der Waals surface area contributed by atoms with Crippen LogP contribution in [0.5, 0.6) is 0 Å². The minimum Gasteiger partial charge on any atom is -0.332 e. The molecule has 0 saturated carbocycles. The van der Waals surface area contributed by atoms with Gasteiger partial charge in [-0.25, -0.2) is 0 Å². The van der Waals surface area contributed by atoms with E-state index in [4.69, 9.17) is 0 Å². The molecule has 2 heterocycles. The molecule has 7 heteroatoms. The number of hydrogen-bond donors (Lipinski definition) is 0. The Hall–Kier alpha value is -0.820. The highest BCUT2D eigenvalue weighted by molar-refractivity contribution is 5.78. The lowest BCUT2D eigenvalue weighted by Gasteiger charge is -2.46. The number of ether oxygens (including phenoxy) is 1. The Balaban J connectivity index is 1.97. The number of likely N-dealkylation sites (tertiary alicyclic amines) is 1. The predicted octanol–water partition coefficient (Wildman–Crippen LogP) is 2.00. The molecule has 2 aliphatic heterocycles. The maximum Gasteiger partial charge on any atom is 0.523 e. The van der Waals surface area contributed by atoms with E-state index in [1.807, 2.05) is 0 Å². The van der Waals surface area contributed by atoms with Crippen molar-refractivity contribution in [3.63, 3.8) is 0 Å². The first-order chi connectivity index (χ1) is 9.08. The van der Waals surface area contributed by atoms with Gasteiger partial charge in [-0.3, -0.25) is 14.4 Å². The molecule has 116 valence electrons. The van der Waals surface area contributed by atoms with E-state index in [-0.39, 0.29) is 17.6 Å². The molecular weight excluding hydrogens is 273 g/mol. The second-order valence-electron chi connectivity index (χ2n) is 6.50. The van der Waals surface area contributed by atoms with E-state index in [1.165, 1.54) is 0 Å². The number of carbonyl (C=O) groups is 1. The number of carbonyl (C=O) groups excluding carboxylic acids is 1. The highest BCUT2D eigenvalue weighted by Crippen LogP contribution is 2.33. The summed E-state index contributed by atoms with van der Waals surface area (Å²) in [4.78, 5) is 15.8. The van der Waals surface area contributed by atoms with Crippen LogP contribution in [0.2, 0.25) is 0 Å². The van der Waals surface area contributed by atoms with Gasteiger partial charge in [0.2, 0.25) is 5.91 Å². The van der Waals surface area contributed by atoms with Gasteiger partial charge in [-0.2, -0.15) is 0 Å². The van der Waals surface area contributed by atoms with Crippen molar-refractivity contribution in [1.82, 2.24) is 9.80 Å². The fraction of sp³-hybridized carbons (Fsp3) is 0.923.